The van der Waals surface area contributed by atoms with Crippen LogP contribution in [0.25, 0.3) is 0 Å². The van der Waals surface area contributed by atoms with Crippen molar-refractivity contribution in [1.29, 1.82) is 0 Å². The number of anilines is 3. The number of aryl methyl sites for hydroxylation is 2. The summed E-state index contributed by atoms with van der Waals surface area (Å²) in [5, 5.41) is 14.4. The van der Waals surface area contributed by atoms with Crippen molar-refractivity contribution >= 4 is 17.5 Å². The Morgan fingerprint density at radius 1 is 1.20 bits per heavy atom. The molecule has 2 N–H and O–H groups in total. The first kappa shape index (κ1) is 14.2. The van der Waals surface area contributed by atoms with Crippen molar-refractivity contribution in [1.82, 2.24) is 15.2 Å². The SMILES string of the molecule is CCCCNc1cnnc(Nc2ccc(C)cc2C)n1. The molecule has 2 aromatic rings. The highest BCUT2D eigenvalue weighted by Crippen LogP contribution is 2.19. The number of hydrogen-bond acceptors (Lipinski definition) is 5. The van der Waals surface area contributed by atoms with Gasteiger partial charge in [-0.3, -0.25) is 0 Å². The molecular formula is C15H21N5. The molecule has 1 aromatic heterocycles. The molecule has 0 aliphatic carbocycles. The number of nitrogens with zero attached hydrogens (tertiary/aromatic N) is 3. The second-order valence-corrected chi connectivity index (χ2v) is 4.89. The Balaban J connectivity index is 2.07. The third-order valence-electron chi connectivity index (χ3n) is 3.02. The summed E-state index contributed by atoms with van der Waals surface area (Å²) in [6, 6.07) is 6.22. The van der Waals surface area contributed by atoms with Crippen molar-refractivity contribution in [2.75, 3.05) is 17.2 Å². The maximum absolute atomic E-state index is 4.41. The van der Waals surface area contributed by atoms with Crippen LogP contribution in [0.2, 0.25) is 0 Å². The predicted molar refractivity (Wildman–Crippen MR) is 82.4 cm³/mol. The van der Waals surface area contributed by atoms with E-state index in [0.29, 0.717) is 5.95 Å². The van der Waals surface area contributed by atoms with Crippen LogP contribution in [0, 0.1) is 13.8 Å². The lowest BCUT2D eigenvalue weighted by atomic mass is 10.1. The molecule has 0 unspecified atom stereocenters. The van der Waals surface area contributed by atoms with E-state index in [1.165, 1.54) is 5.56 Å². The minimum atomic E-state index is 0.512. The van der Waals surface area contributed by atoms with Gasteiger partial charge in [0.25, 0.3) is 0 Å². The normalized spacial score (nSPS) is 10.3. The minimum absolute atomic E-state index is 0.512. The summed E-state index contributed by atoms with van der Waals surface area (Å²) in [5.74, 6) is 1.26. The monoisotopic (exact) mass is 271 g/mol. The zero-order chi connectivity index (χ0) is 14.4. The Kier molecular flexibility index (Phi) is 4.87. The van der Waals surface area contributed by atoms with E-state index >= 15 is 0 Å². The number of hydrogen-bond donors (Lipinski definition) is 2. The zero-order valence-corrected chi connectivity index (χ0v) is 12.3. The summed E-state index contributed by atoms with van der Waals surface area (Å²) in [6.07, 6.45) is 3.91. The summed E-state index contributed by atoms with van der Waals surface area (Å²) >= 11 is 0. The summed E-state index contributed by atoms with van der Waals surface area (Å²) in [6.45, 7) is 7.20. The van der Waals surface area contributed by atoms with Crippen LogP contribution in [0.3, 0.4) is 0 Å². The number of benzene rings is 1. The van der Waals surface area contributed by atoms with Gasteiger partial charge >= 0.3 is 0 Å². The Bertz CT molecular complexity index is 568. The van der Waals surface area contributed by atoms with E-state index in [2.05, 4.69) is 58.7 Å². The second kappa shape index (κ2) is 6.84. The van der Waals surface area contributed by atoms with Crippen LogP contribution in [0.5, 0.6) is 0 Å². The molecular weight excluding hydrogens is 250 g/mol. The van der Waals surface area contributed by atoms with Crippen LogP contribution in [0.4, 0.5) is 17.5 Å². The van der Waals surface area contributed by atoms with Gasteiger partial charge in [0, 0.05) is 12.2 Å². The third-order valence-corrected chi connectivity index (χ3v) is 3.02. The quantitative estimate of drug-likeness (QED) is 0.788. The Hall–Kier alpha value is -2.17. The number of aromatic nitrogens is 3. The van der Waals surface area contributed by atoms with Crippen LogP contribution in [0.15, 0.2) is 24.4 Å². The molecule has 0 bridgehead atoms. The van der Waals surface area contributed by atoms with Crippen molar-refractivity contribution < 1.29 is 0 Å². The van der Waals surface area contributed by atoms with Crippen LogP contribution < -0.4 is 10.6 Å². The maximum Gasteiger partial charge on any atom is 0.249 e. The summed E-state index contributed by atoms with van der Waals surface area (Å²) < 4.78 is 0. The fourth-order valence-electron chi connectivity index (χ4n) is 1.91. The van der Waals surface area contributed by atoms with Gasteiger partial charge in [-0.25, -0.2) is 0 Å². The molecule has 0 saturated carbocycles. The van der Waals surface area contributed by atoms with E-state index in [9.17, 15) is 0 Å². The predicted octanol–water partition coefficient (Wildman–Crippen LogP) is 3.44. The molecule has 1 aromatic carbocycles. The molecule has 5 nitrogen and oxygen atoms in total. The van der Waals surface area contributed by atoms with Crippen LogP contribution in [-0.4, -0.2) is 21.7 Å². The highest BCUT2D eigenvalue weighted by Gasteiger charge is 2.03. The van der Waals surface area contributed by atoms with E-state index < -0.39 is 0 Å². The van der Waals surface area contributed by atoms with Gasteiger partial charge in [0.05, 0.1) is 6.20 Å². The smallest absolute Gasteiger partial charge is 0.249 e. The van der Waals surface area contributed by atoms with Crippen LogP contribution in [0.1, 0.15) is 30.9 Å². The molecule has 0 aliphatic heterocycles. The topological polar surface area (TPSA) is 62.7 Å². The average Bonchev–Trinajstić information content (AvgIpc) is 2.43. The van der Waals surface area contributed by atoms with Crippen molar-refractivity contribution in [3.05, 3.63) is 35.5 Å². The van der Waals surface area contributed by atoms with Crippen LogP contribution >= 0.6 is 0 Å². The fourth-order valence-corrected chi connectivity index (χ4v) is 1.91. The first-order valence-corrected chi connectivity index (χ1v) is 6.97. The van der Waals surface area contributed by atoms with Gasteiger partial charge in [-0.15, -0.1) is 5.10 Å². The molecule has 20 heavy (non-hydrogen) atoms. The molecule has 0 amide bonds. The fraction of sp³-hybridized carbons (Fsp3) is 0.400. The average molecular weight is 271 g/mol. The van der Waals surface area contributed by atoms with Gasteiger partial charge in [0.2, 0.25) is 5.95 Å². The summed E-state index contributed by atoms with van der Waals surface area (Å²) in [5.41, 5.74) is 3.41. The molecule has 5 heteroatoms. The third kappa shape index (κ3) is 3.91. The van der Waals surface area contributed by atoms with Crippen LogP contribution in [-0.2, 0) is 0 Å². The number of rotatable bonds is 6. The molecule has 106 valence electrons. The Morgan fingerprint density at radius 2 is 2.05 bits per heavy atom. The minimum Gasteiger partial charge on any atom is -0.369 e. The van der Waals surface area contributed by atoms with Crippen molar-refractivity contribution in [2.45, 2.75) is 33.6 Å². The van der Waals surface area contributed by atoms with Gasteiger partial charge < -0.3 is 10.6 Å². The largest absolute Gasteiger partial charge is 0.369 e. The first-order chi connectivity index (χ1) is 9.69. The van der Waals surface area contributed by atoms with Gasteiger partial charge in [0.15, 0.2) is 5.82 Å². The summed E-state index contributed by atoms with van der Waals surface area (Å²) in [7, 11) is 0. The number of nitrogens with one attached hydrogen (secondary N) is 2. The molecule has 0 saturated heterocycles. The highest BCUT2D eigenvalue weighted by molar-refractivity contribution is 5.59. The molecule has 0 aliphatic rings. The lowest BCUT2D eigenvalue weighted by molar-refractivity contribution is 0.827. The lowest BCUT2D eigenvalue weighted by Crippen LogP contribution is -2.07. The van der Waals surface area contributed by atoms with Gasteiger partial charge in [-0.2, -0.15) is 10.1 Å². The Morgan fingerprint density at radius 3 is 2.80 bits per heavy atom. The van der Waals surface area contributed by atoms with E-state index in [4.69, 9.17) is 0 Å². The van der Waals surface area contributed by atoms with E-state index in [1.54, 1.807) is 6.20 Å². The van der Waals surface area contributed by atoms with E-state index in [-0.39, 0.29) is 0 Å². The van der Waals surface area contributed by atoms with Crippen molar-refractivity contribution in [3.8, 4) is 0 Å². The van der Waals surface area contributed by atoms with Gasteiger partial charge in [-0.1, -0.05) is 31.0 Å². The summed E-state index contributed by atoms with van der Waals surface area (Å²) in [4.78, 5) is 4.41. The van der Waals surface area contributed by atoms with Crippen molar-refractivity contribution in [3.63, 3.8) is 0 Å². The molecule has 0 atom stereocenters. The standard InChI is InChI=1S/C15H21N5/c1-4-5-8-16-14-10-17-20-15(19-14)18-13-7-6-11(2)9-12(13)3/h6-7,9-10H,4-5,8H2,1-3H3,(H2,16,18,19,20). The van der Waals surface area contributed by atoms with Gasteiger partial charge in [-0.05, 0) is 31.9 Å². The van der Waals surface area contributed by atoms with Crippen molar-refractivity contribution in [2.24, 2.45) is 0 Å². The first-order valence-electron chi connectivity index (χ1n) is 6.97. The molecule has 0 spiro atoms. The molecule has 0 radical (unpaired) electrons. The van der Waals surface area contributed by atoms with E-state index in [1.807, 2.05) is 6.07 Å². The molecule has 0 fully saturated rings. The highest BCUT2D eigenvalue weighted by atomic mass is 15.3. The Labute approximate surface area is 119 Å². The van der Waals surface area contributed by atoms with E-state index in [0.717, 1.165) is 36.5 Å². The van der Waals surface area contributed by atoms with Gasteiger partial charge in [0.1, 0.15) is 0 Å². The number of unbranched alkanes of at least 4 members (excludes halogenated alkanes) is 1. The zero-order valence-electron chi connectivity index (χ0n) is 12.3. The maximum atomic E-state index is 4.41. The second-order valence-electron chi connectivity index (χ2n) is 4.89. The molecule has 2 rings (SSSR count). The lowest BCUT2D eigenvalue weighted by Gasteiger charge is -2.09. The molecule has 1 heterocycles.